The van der Waals surface area contributed by atoms with Crippen LogP contribution >= 0.6 is 0 Å². The van der Waals surface area contributed by atoms with Gasteiger partial charge in [-0.25, -0.2) is 4.79 Å². The zero-order valence-corrected chi connectivity index (χ0v) is 11.1. The lowest BCUT2D eigenvalue weighted by molar-refractivity contribution is -0.150. The average molecular weight is 252 g/mol. The van der Waals surface area contributed by atoms with Gasteiger partial charge in [0, 0.05) is 0 Å². The van der Waals surface area contributed by atoms with E-state index in [1.165, 1.54) is 0 Å². The summed E-state index contributed by atoms with van der Waals surface area (Å²) in [6, 6.07) is 7.31. The SMILES string of the molecule is CCCOc1ccccc1OC(C)C(=O)OCC. The van der Waals surface area contributed by atoms with Crippen LogP contribution in [0.5, 0.6) is 11.5 Å². The van der Waals surface area contributed by atoms with Crippen molar-refractivity contribution in [3.8, 4) is 11.5 Å². The Morgan fingerprint density at radius 2 is 1.89 bits per heavy atom. The largest absolute Gasteiger partial charge is 0.490 e. The van der Waals surface area contributed by atoms with E-state index < -0.39 is 6.10 Å². The van der Waals surface area contributed by atoms with Gasteiger partial charge in [-0.3, -0.25) is 0 Å². The van der Waals surface area contributed by atoms with Gasteiger partial charge in [-0.15, -0.1) is 0 Å². The van der Waals surface area contributed by atoms with Crippen LogP contribution in [0, 0.1) is 0 Å². The average Bonchev–Trinajstić information content (AvgIpc) is 2.38. The summed E-state index contributed by atoms with van der Waals surface area (Å²) < 4.78 is 16.0. The summed E-state index contributed by atoms with van der Waals surface area (Å²) in [5.41, 5.74) is 0. The molecule has 0 amide bonds. The van der Waals surface area contributed by atoms with E-state index in [2.05, 4.69) is 0 Å². The molecule has 18 heavy (non-hydrogen) atoms. The fraction of sp³-hybridized carbons (Fsp3) is 0.500. The highest BCUT2D eigenvalue weighted by Crippen LogP contribution is 2.27. The molecule has 0 saturated heterocycles. The second-order valence-electron chi connectivity index (χ2n) is 3.81. The van der Waals surface area contributed by atoms with Crippen molar-refractivity contribution < 1.29 is 19.0 Å². The standard InChI is InChI=1S/C14H20O4/c1-4-10-17-12-8-6-7-9-13(12)18-11(3)14(15)16-5-2/h6-9,11H,4-5,10H2,1-3H3. The van der Waals surface area contributed by atoms with Crippen molar-refractivity contribution in [1.29, 1.82) is 0 Å². The molecule has 0 fully saturated rings. The number of carbonyl (C=O) groups is 1. The van der Waals surface area contributed by atoms with Gasteiger partial charge in [0.2, 0.25) is 0 Å². The van der Waals surface area contributed by atoms with Gasteiger partial charge in [-0.1, -0.05) is 19.1 Å². The molecule has 0 radical (unpaired) electrons. The molecule has 0 bridgehead atoms. The van der Waals surface area contributed by atoms with E-state index in [9.17, 15) is 4.79 Å². The van der Waals surface area contributed by atoms with Gasteiger partial charge in [0.05, 0.1) is 13.2 Å². The molecule has 4 nitrogen and oxygen atoms in total. The highest BCUT2D eigenvalue weighted by molar-refractivity contribution is 5.74. The molecule has 0 saturated carbocycles. The summed E-state index contributed by atoms with van der Waals surface area (Å²) in [5, 5.41) is 0. The van der Waals surface area contributed by atoms with Crippen molar-refractivity contribution in [2.45, 2.75) is 33.3 Å². The van der Waals surface area contributed by atoms with Crippen LogP contribution in [0.15, 0.2) is 24.3 Å². The van der Waals surface area contributed by atoms with Crippen molar-refractivity contribution in [2.24, 2.45) is 0 Å². The number of hydrogen-bond acceptors (Lipinski definition) is 4. The van der Waals surface area contributed by atoms with Crippen LogP contribution in [0.25, 0.3) is 0 Å². The van der Waals surface area contributed by atoms with Crippen molar-refractivity contribution in [3.05, 3.63) is 24.3 Å². The Morgan fingerprint density at radius 3 is 2.50 bits per heavy atom. The third-order valence-electron chi connectivity index (χ3n) is 2.23. The molecule has 0 spiro atoms. The second kappa shape index (κ2) is 7.58. The Bertz CT molecular complexity index is 376. The minimum Gasteiger partial charge on any atom is -0.490 e. The zero-order chi connectivity index (χ0) is 13.4. The number of hydrogen-bond donors (Lipinski definition) is 0. The summed E-state index contributed by atoms with van der Waals surface area (Å²) in [7, 11) is 0. The molecule has 1 aromatic carbocycles. The van der Waals surface area contributed by atoms with E-state index in [1.807, 2.05) is 25.1 Å². The Kier molecular flexibility index (Phi) is 6.05. The summed E-state index contributed by atoms with van der Waals surface area (Å²) in [6.07, 6.45) is 0.276. The summed E-state index contributed by atoms with van der Waals surface area (Å²) in [6.45, 7) is 6.43. The van der Waals surface area contributed by atoms with Crippen LogP contribution in [0.1, 0.15) is 27.2 Å². The minimum absolute atomic E-state index is 0.348. The number of para-hydroxylation sites is 2. The Balaban J connectivity index is 2.68. The maximum atomic E-state index is 11.5. The number of benzene rings is 1. The molecule has 0 aliphatic heterocycles. The molecule has 1 aromatic rings. The Hall–Kier alpha value is -1.71. The lowest BCUT2D eigenvalue weighted by Gasteiger charge is -2.16. The molecule has 1 unspecified atom stereocenters. The van der Waals surface area contributed by atoms with Crippen LogP contribution in [0.2, 0.25) is 0 Å². The molecule has 0 N–H and O–H groups in total. The molecule has 0 aliphatic rings. The van der Waals surface area contributed by atoms with Crippen molar-refractivity contribution in [1.82, 2.24) is 0 Å². The zero-order valence-electron chi connectivity index (χ0n) is 11.1. The molecule has 1 rings (SSSR count). The first-order valence-electron chi connectivity index (χ1n) is 6.24. The normalized spacial score (nSPS) is 11.7. The van der Waals surface area contributed by atoms with Crippen LogP contribution in [0.4, 0.5) is 0 Å². The summed E-state index contributed by atoms with van der Waals surface area (Å²) >= 11 is 0. The van der Waals surface area contributed by atoms with E-state index in [0.717, 1.165) is 6.42 Å². The van der Waals surface area contributed by atoms with Gasteiger partial charge >= 0.3 is 5.97 Å². The van der Waals surface area contributed by atoms with Crippen LogP contribution in [0.3, 0.4) is 0 Å². The van der Waals surface area contributed by atoms with Crippen molar-refractivity contribution >= 4 is 5.97 Å². The molecule has 100 valence electrons. The maximum Gasteiger partial charge on any atom is 0.347 e. The van der Waals surface area contributed by atoms with E-state index in [-0.39, 0.29) is 5.97 Å². The molecule has 0 aromatic heterocycles. The van der Waals surface area contributed by atoms with Crippen molar-refractivity contribution in [2.75, 3.05) is 13.2 Å². The van der Waals surface area contributed by atoms with E-state index >= 15 is 0 Å². The van der Waals surface area contributed by atoms with Crippen LogP contribution in [-0.4, -0.2) is 25.3 Å². The molecule has 1 atom stereocenters. The predicted octanol–water partition coefficient (Wildman–Crippen LogP) is 2.81. The summed E-state index contributed by atoms with van der Waals surface area (Å²) in [5.74, 6) is 0.838. The molecule has 0 heterocycles. The topological polar surface area (TPSA) is 44.8 Å². The van der Waals surface area contributed by atoms with E-state index in [1.54, 1.807) is 19.9 Å². The maximum absolute atomic E-state index is 11.5. The first-order chi connectivity index (χ1) is 8.69. The van der Waals surface area contributed by atoms with Gasteiger partial charge in [0.15, 0.2) is 17.6 Å². The lowest BCUT2D eigenvalue weighted by atomic mass is 10.3. The summed E-state index contributed by atoms with van der Waals surface area (Å²) in [4.78, 5) is 11.5. The van der Waals surface area contributed by atoms with E-state index in [0.29, 0.717) is 24.7 Å². The van der Waals surface area contributed by atoms with Gasteiger partial charge in [-0.2, -0.15) is 0 Å². The molecular formula is C14H20O4. The third-order valence-corrected chi connectivity index (χ3v) is 2.23. The Labute approximate surface area is 108 Å². The third kappa shape index (κ3) is 4.28. The van der Waals surface area contributed by atoms with Gasteiger partial charge < -0.3 is 14.2 Å². The van der Waals surface area contributed by atoms with Crippen LogP contribution in [-0.2, 0) is 9.53 Å². The number of rotatable bonds is 7. The van der Waals surface area contributed by atoms with Gasteiger partial charge in [0.25, 0.3) is 0 Å². The second-order valence-corrected chi connectivity index (χ2v) is 3.81. The van der Waals surface area contributed by atoms with Gasteiger partial charge in [0.1, 0.15) is 0 Å². The highest BCUT2D eigenvalue weighted by Gasteiger charge is 2.17. The number of ether oxygens (including phenoxy) is 3. The number of carbonyl (C=O) groups excluding carboxylic acids is 1. The lowest BCUT2D eigenvalue weighted by Crippen LogP contribution is -2.26. The van der Waals surface area contributed by atoms with E-state index in [4.69, 9.17) is 14.2 Å². The van der Waals surface area contributed by atoms with Crippen molar-refractivity contribution in [3.63, 3.8) is 0 Å². The molecule has 0 aliphatic carbocycles. The molecular weight excluding hydrogens is 232 g/mol. The minimum atomic E-state index is -0.642. The predicted molar refractivity (Wildman–Crippen MR) is 69.0 cm³/mol. The first kappa shape index (κ1) is 14.4. The van der Waals surface area contributed by atoms with Gasteiger partial charge in [-0.05, 0) is 32.4 Å². The smallest absolute Gasteiger partial charge is 0.347 e. The fourth-order valence-corrected chi connectivity index (χ4v) is 1.38. The monoisotopic (exact) mass is 252 g/mol. The van der Waals surface area contributed by atoms with Crippen LogP contribution < -0.4 is 9.47 Å². The highest BCUT2D eigenvalue weighted by atomic mass is 16.6. The molecule has 4 heteroatoms. The fourth-order valence-electron chi connectivity index (χ4n) is 1.38. The quantitative estimate of drug-likeness (QED) is 0.700. The Morgan fingerprint density at radius 1 is 1.22 bits per heavy atom. The first-order valence-corrected chi connectivity index (χ1v) is 6.24. The number of esters is 1.